The van der Waals surface area contributed by atoms with Crippen molar-refractivity contribution >= 4 is 87.1 Å². The lowest BCUT2D eigenvalue weighted by Gasteiger charge is -2.49. The van der Waals surface area contributed by atoms with Crippen molar-refractivity contribution in [2.24, 2.45) is 5.16 Å². The molecule has 9 N–H and O–H groups in total. The predicted octanol–water partition coefficient (Wildman–Crippen LogP) is -0.0252. The molecule has 0 spiro atoms. The number of nitrogens with zero attached hydrogens (tertiary/aromatic N) is 5. The van der Waals surface area contributed by atoms with Gasteiger partial charge in [-0.25, -0.2) is 14.6 Å². The van der Waals surface area contributed by atoms with Crippen LogP contribution in [0, 0.1) is 0 Å². The van der Waals surface area contributed by atoms with Crippen molar-refractivity contribution in [3.8, 4) is 5.69 Å². The Morgan fingerprint density at radius 1 is 1.15 bits per heavy atom. The molecule has 1 saturated heterocycles. The van der Waals surface area contributed by atoms with E-state index in [0.29, 0.717) is 16.5 Å². The Bertz CT molecular complexity index is 2010. The zero-order valence-corrected chi connectivity index (χ0v) is 29.6. The number of carboxylic acid groups (broad SMARTS) is 3. The number of carboxylic acids is 3. The fourth-order valence-corrected chi connectivity index (χ4v) is 7.48. The van der Waals surface area contributed by atoms with E-state index in [1.807, 2.05) is 30.3 Å². The minimum Gasteiger partial charge on any atom is -0.542 e. The first-order chi connectivity index (χ1) is 24.7. The topological polar surface area (TPSA) is 293 Å². The van der Waals surface area contributed by atoms with Gasteiger partial charge >= 0.3 is 23.3 Å². The predicted molar refractivity (Wildman–Crippen MR) is 182 cm³/mol. The van der Waals surface area contributed by atoms with E-state index < -0.39 is 58.6 Å². The van der Waals surface area contributed by atoms with Gasteiger partial charge in [-0.1, -0.05) is 28.3 Å². The highest BCUT2D eigenvalue weighted by Gasteiger charge is 2.54. The zero-order chi connectivity index (χ0) is 39.4. The third-order valence-corrected chi connectivity index (χ3v) is 10.0. The van der Waals surface area contributed by atoms with E-state index in [9.17, 15) is 42.6 Å². The molecule has 18 nitrogen and oxygen atoms in total. The molecule has 4 heterocycles. The number of fused-ring (bicyclic) bond motifs is 1. The largest absolute Gasteiger partial charge is 0.542 e. The van der Waals surface area contributed by atoms with E-state index in [0.717, 1.165) is 21.9 Å². The number of halogens is 3. The summed E-state index contributed by atoms with van der Waals surface area (Å²) in [5.74, 6) is -6.27. The molecule has 5 rings (SSSR count). The van der Waals surface area contributed by atoms with Crippen molar-refractivity contribution in [1.82, 2.24) is 20.2 Å². The number of carbonyl (C=O) groups excluding carboxylic acids is 3. The fourth-order valence-electron chi connectivity index (χ4n) is 4.41. The van der Waals surface area contributed by atoms with Crippen LogP contribution in [0.4, 0.5) is 29.9 Å². The van der Waals surface area contributed by atoms with E-state index in [1.54, 1.807) is 4.57 Å². The Balaban J connectivity index is 0.000000815. The summed E-state index contributed by atoms with van der Waals surface area (Å²) < 4.78 is 33.2. The molecule has 0 bridgehead atoms. The maximum Gasteiger partial charge on any atom is 0.430 e. The van der Waals surface area contributed by atoms with Crippen LogP contribution in [0.1, 0.15) is 19.5 Å². The Morgan fingerprint density at radius 2 is 1.79 bits per heavy atom. The van der Waals surface area contributed by atoms with Crippen molar-refractivity contribution in [1.29, 1.82) is 0 Å². The maximum absolute atomic E-state index is 13.3. The Morgan fingerprint density at radius 3 is 2.34 bits per heavy atom. The summed E-state index contributed by atoms with van der Waals surface area (Å²) in [6.45, 7) is 2.48. The Hall–Kier alpha value is -5.62. The van der Waals surface area contributed by atoms with Crippen LogP contribution in [0.2, 0.25) is 0 Å². The van der Waals surface area contributed by atoms with Crippen LogP contribution < -0.4 is 32.2 Å². The van der Waals surface area contributed by atoms with Gasteiger partial charge in [0.25, 0.3) is 11.8 Å². The Kier molecular flexibility index (Phi) is 12.1. The van der Waals surface area contributed by atoms with Crippen LogP contribution in [-0.4, -0.2) is 95.2 Å². The van der Waals surface area contributed by atoms with E-state index in [1.165, 1.54) is 48.8 Å². The molecule has 0 aliphatic carbocycles. The van der Waals surface area contributed by atoms with Crippen molar-refractivity contribution in [3.05, 3.63) is 58.7 Å². The van der Waals surface area contributed by atoms with Crippen molar-refractivity contribution < 1.29 is 61.9 Å². The number of nitrogens with one attached hydrogen (secondary N) is 1. The van der Waals surface area contributed by atoms with E-state index in [4.69, 9.17) is 31.9 Å². The molecule has 24 heteroatoms. The second-order valence-corrected chi connectivity index (χ2v) is 14.1. The molecule has 3 aromatic rings. The number of carbonyl (C=O) groups is 5. The lowest BCUT2D eigenvalue weighted by Crippen LogP contribution is -2.71. The van der Waals surface area contributed by atoms with Gasteiger partial charge < -0.3 is 47.5 Å². The van der Waals surface area contributed by atoms with Gasteiger partial charge in [-0.15, -0.1) is 23.1 Å². The number of hydrogen-bond acceptors (Lipinski definition) is 16. The third-order valence-electron chi connectivity index (χ3n) is 6.99. The van der Waals surface area contributed by atoms with Crippen LogP contribution in [0.3, 0.4) is 0 Å². The molecule has 2 atom stereocenters. The number of thioether (sulfide) groups is 2. The molecule has 1 fully saturated rings. The number of nitrogen functional groups attached to an aromatic ring is 3. The Labute approximate surface area is 308 Å². The first-order valence-corrected chi connectivity index (χ1v) is 17.5. The number of β-lactam (4-membered cyclic amide) rings is 1. The fraction of sp³-hybridized carbons (Fsp3) is 0.276. The monoisotopic (exact) mass is 799 g/mol. The summed E-state index contributed by atoms with van der Waals surface area (Å²) in [5, 5.41) is 35.8. The van der Waals surface area contributed by atoms with Gasteiger partial charge in [-0.05, 0) is 43.3 Å². The molecule has 53 heavy (non-hydrogen) atoms. The number of anilines is 3. The van der Waals surface area contributed by atoms with Gasteiger partial charge in [-0.2, -0.15) is 17.7 Å². The van der Waals surface area contributed by atoms with Crippen molar-refractivity contribution in [2.45, 2.75) is 42.2 Å². The minimum absolute atomic E-state index is 0.00934. The lowest BCUT2D eigenvalue weighted by atomic mass is 10.0. The lowest BCUT2D eigenvalue weighted by molar-refractivity contribution is -0.626. The first-order valence-electron chi connectivity index (χ1n) is 14.6. The van der Waals surface area contributed by atoms with Crippen LogP contribution in [0.25, 0.3) is 5.69 Å². The molecule has 0 radical (unpaired) electrons. The summed E-state index contributed by atoms with van der Waals surface area (Å²) in [4.78, 5) is 74.0. The van der Waals surface area contributed by atoms with Crippen molar-refractivity contribution in [2.75, 3.05) is 28.7 Å². The summed E-state index contributed by atoms with van der Waals surface area (Å²) >= 11 is 3.50. The number of aromatic nitrogens is 3. The molecule has 2 aliphatic heterocycles. The molecule has 2 aromatic heterocycles. The average Bonchev–Trinajstić information content (AvgIpc) is 3.51. The van der Waals surface area contributed by atoms with Gasteiger partial charge in [0.05, 0.1) is 6.07 Å². The standard InChI is InChI=1S/C27H27N9O7S3.C2HF3O2/c1-27(2,24(41)42)43-34-17(14-11-45-25(30)31-14)20(37)33-18-21(38)36-19(23(39)40)12(9-44-22(18)36)10-46-26-32-15(28)8-16(29)35(26)13-6-4-3-5-7-13;3-2(4,5)1(6)7/h3-8,11,18,22H,9-10H2,1-2H3,(H8,28,29,30,31,33,37,39,40,41,42);(H,6,7)/b34-17-;. The highest BCUT2D eigenvalue weighted by molar-refractivity contribution is 8.01. The number of nitrogens with two attached hydrogens (primary N) is 3. The zero-order valence-electron chi connectivity index (χ0n) is 27.2. The number of alkyl halides is 3. The molecule has 2 amide bonds. The average molecular weight is 800 g/mol. The van der Waals surface area contributed by atoms with Gasteiger partial charge in [0, 0.05) is 16.9 Å². The van der Waals surface area contributed by atoms with E-state index in [2.05, 4.69) is 20.4 Å². The second kappa shape index (κ2) is 16.0. The molecule has 2 unspecified atom stereocenters. The number of para-hydroxylation sites is 1. The number of aliphatic carboxylic acids is 3. The molecule has 0 saturated carbocycles. The van der Waals surface area contributed by atoms with Gasteiger partial charge in [0.1, 0.15) is 34.5 Å². The highest BCUT2D eigenvalue weighted by atomic mass is 32.2. The van der Waals surface area contributed by atoms with Crippen LogP contribution in [0.5, 0.6) is 0 Å². The van der Waals surface area contributed by atoms with E-state index >= 15 is 0 Å². The number of benzene rings is 1. The minimum atomic E-state index is -5.19. The number of amides is 2. The second-order valence-electron chi connectivity index (χ2n) is 11.2. The van der Waals surface area contributed by atoms with Crippen LogP contribution in [0.15, 0.2) is 63.4 Å². The van der Waals surface area contributed by atoms with Crippen LogP contribution >= 0.6 is 34.9 Å². The van der Waals surface area contributed by atoms with Gasteiger partial charge in [-0.3, -0.25) is 14.5 Å². The molecular weight excluding hydrogens is 772 g/mol. The van der Waals surface area contributed by atoms with Gasteiger partial charge in [0.15, 0.2) is 10.8 Å². The summed E-state index contributed by atoms with van der Waals surface area (Å²) in [5.41, 5.74) is 16.8. The molecule has 2 aliphatic rings. The third kappa shape index (κ3) is 9.25. The van der Waals surface area contributed by atoms with E-state index in [-0.39, 0.29) is 33.8 Å². The molecule has 282 valence electrons. The number of hydrogen-bond donors (Lipinski definition) is 6. The normalized spacial score (nSPS) is 17.2. The first kappa shape index (κ1) is 40.2. The van der Waals surface area contributed by atoms with Crippen LogP contribution in [-0.2, 0) is 28.8 Å². The smallest absolute Gasteiger partial charge is 0.430 e. The summed E-state index contributed by atoms with van der Waals surface area (Å²) in [6.07, 6.45) is -5.19. The number of thiazole rings is 1. The summed E-state index contributed by atoms with van der Waals surface area (Å²) in [6, 6.07) is 9.63. The van der Waals surface area contributed by atoms with Gasteiger partial charge in [0.2, 0.25) is 17.2 Å². The number of rotatable bonds is 11. The van der Waals surface area contributed by atoms with Crippen molar-refractivity contribution in [3.63, 3.8) is 0 Å². The quantitative estimate of drug-likeness (QED) is 0.0371. The molecule has 1 aromatic carbocycles. The molecular formula is C29H28F3N9O9S3. The number of oxime groups is 1. The summed E-state index contributed by atoms with van der Waals surface area (Å²) in [7, 11) is 0. The SMILES string of the molecule is CC(C)(O/N=C(\C(=O)NC1C(=O)N2C(C(=O)O)=C(CSc3nc(N)cc(N)[n+]3-c3ccccc3)CSC12)c1csc(N)n1)C(=O)O.O=C([O-])C(F)(F)F. The maximum atomic E-state index is 13.3. The highest BCUT2D eigenvalue weighted by Crippen LogP contribution is 2.41.